The summed E-state index contributed by atoms with van der Waals surface area (Å²) in [5, 5.41) is 0.543. The summed E-state index contributed by atoms with van der Waals surface area (Å²) in [5.74, 6) is 1.41. The lowest BCUT2D eigenvalue weighted by atomic mass is 10.2. The van der Waals surface area contributed by atoms with Crippen LogP contribution in [0.3, 0.4) is 0 Å². The van der Waals surface area contributed by atoms with E-state index in [0.717, 1.165) is 17.8 Å². The highest BCUT2D eigenvalue weighted by atomic mass is 35.7. The van der Waals surface area contributed by atoms with E-state index < -0.39 is 9.05 Å². The molecule has 0 amide bonds. The molecule has 19 heavy (non-hydrogen) atoms. The zero-order chi connectivity index (χ0) is 14.0. The van der Waals surface area contributed by atoms with E-state index in [1.807, 2.05) is 23.0 Å². The molecule has 0 spiro atoms. The van der Waals surface area contributed by atoms with Gasteiger partial charge in [0.05, 0.1) is 18.0 Å². The molecule has 0 aliphatic rings. The second-order valence-electron chi connectivity index (χ2n) is 3.97. The van der Waals surface area contributed by atoms with Crippen LogP contribution in [-0.4, -0.2) is 32.1 Å². The predicted molar refractivity (Wildman–Crippen MR) is 79.9 cm³/mol. The van der Waals surface area contributed by atoms with Crippen LogP contribution in [0.5, 0.6) is 5.75 Å². The highest BCUT2D eigenvalue weighted by Crippen LogP contribution is 2.35. The number of halogens is 1. The van der Waals surface area contributed by atoms with Gasteiger partial charge in [0, 0.05) is 29.2 Å². The van der Waals surface area contributed by atoms with Crippen molar-refractivity contribution in [2.24, 2.45) is 0 Å². The lowest BCUT2D eigenvalue weighted by Crippen LogP contribution is -1.98. The molecule has 1 aromatic heterocycles. The van der Waals surface area contributed by atoms with Crippen LogP contribution in [0.4, 0.5) is 0 Å². The molecule has 7 heteroatoms. The molecule has 0 N–H and O–H groups in total. The number of aryl methyl sites for hydroxylation is 1. The van der Waals surface area contributed by atoms with Crippen molar-refractivity contribution in [1.82, 2.24) is 4.57 Å². The van der Waals surface area contributed by atoms with Gasteiger partial charge in [-0.15, -0.1) is 0 Å². The predicted octanol–water partition coefficient (Wildman–Crippen LogP) is 2.94. The SMILES string of the molecule is COc1cccc2c1c(S(=O)(=O)Cl)cn2CCSC. The lowest BCUT2D eigenvalue weighted by molar-refractivity contribution is 0.419. The molecule has 1 heterocycles. The van der Waals surface area contributed by atoms with Crippen molar-refractivity contribution in [1.29, 1.82) is 0 Å². The van der Waals surface area contributed by atoms with Crippen LogP contribution in [-0.2, 0) is 15.6 Å². The number of hydrogen-bond donors (Lipinski definition) is 0. The van der Waals surface area contributed by atoms with Gasteiger partial charge in [0.15, 0.2) is 0 Å². The Kier molecular flexibility index (Phi) is 4.32. The first kappa shape index (κ1) is 14.6. The number of nitrogens with zero attached hydrogens (tertiary/aromatic N) is 1. The molecule has 0 saturated heterocycles. The molecule has 0 radical (unpaired) electrons. The normalized spacial score (nSPS) is 11.9. The minimum Gasteiger partial charge on any atom is -0.496 e. The minimum atomic E-state index is -3.80. The van der Waals surface area contributed by atoms with E-state index in [2.05, 4.69) is 0 Å². The Hall–Kier alpha value is -0.850. The number of thioether (sulfide) groups is 1. The average molecular weight is 320 g/mol. The van der Waals surface area contributed by atoms with Crippen LogP contribution < -0.4 is 4.74 Å². The Morgan fingerprint density at radius 2 is 2.16 bits per heavy atom. The Morgan fingerprint density at radius 1 is 1.42 bits per heavy atom. The number of aromatic nitrogens is 1. The molecule has 0 saturated carbocycles. The second-order valence-corrected chi connectivity index (χ2v) is 7.49. The van der Waals surface area contributed by atoms with Gasteiger partial charge >= 0.3 is 0 Å². The Balaban J connectivity index is 2.74. The fourth-order valence-corrected chi connectivity index (χ4v) is 3.44. The van der Waals surface area contributed by atoms with Gasteiger partial charge in [0.25, 0.3) is 9.05 Å². The van der Waals surface area contributed by atoms with Crippen LogP contribution >= 0.6 is 22.4 Å². The molecule has 2 aromatic rings. The molecule has 0 fully saturated rings. The molecular weight excluding hydrogens is 306 g/mol. The van der Waals surface area contributed by atoms with E-state index >= 15 is 0 Å². The first-order valence-corrected chi connectivity index (χ1v) is 9.28. The fourth-order valence-electron chi connectivity index (χ4n) is 2.01. The Labute approximate surface area is 121 Å². The van der Waals surface area contributed by atoms with Gasteiger partial charge in [-0.25, -0.2) is 8.42 Å². The largest absolute Gasteiger partial charge is 0.496 e. The Bertz CT molecular complexity index is 694. The molecule has 0 atom stereocenters. The Morgan fingerprint density at radius 3 is 2.74 bits per heavy atom. The summed E-state index contributed by atoms with van der Waals surface area (Å²) >= 11 is 1.70. The van der Waals surface area contributed by atoms with E-state index in [9.17, 15) is 8.42 Å². The van der Waals surface area contributed by atoms with Gasteiger partial charge in [0.1, 0.15) is 10.6 Å². The van der Waals surface area contributed by atoms with Crippen LogP contribution in [0.1, 0.15) is 0 Å². The maximum absolute atomic E-state index is 11.7. The van der Waals surface area contributed by atoms with Crippen molar-refractivity contribution in [2.45, 2.75) is 11.4 Å². The van der Waals surface area contributed by atoms with E-state index in [0.29, 0.717) is 11.1 Å². The van der Waals surface area contributed by atoms with Crippen LogP contribution in [0.15, 0.2) is 29.3 Å². The van der Waals surface area contributed by atoms with E-state index in [4.69, 9.17) is 15.4 Å². The van der Waals surface area contributed by atoms with Crippen molar-refractivity contribution in [3.63, 3.8) is 0 Å². The molecular formula is C12H14ClNO3S2. The van der Waals surface area contributed by atoms with Crippen molar-refractivity contribution in [2.75, 3.05) is 19.1 Å². The highest BCUT2D eigenvalue weighted by Gasteiger charge is 2.21. The molecule has 104 valence electrons. The molecule has 4 nitrogen and oxygen atoms in total. The summed E-state index contributed by atoms with van der Waals surface area (Å²) in [5.41, 5.74) is 0.813. The van der Waals surface area contributed by atoms with Crippen LogP contribution in [0, 0.1) is 0 Å². The molecule has 0 aliphatic carbocycles. The molecule has 2 rings (SSSR count). The van der Waals surface area contributed by atoms with Gasteiger partial charge in [-0.3, -0.25) is 0 Å². The number of benzene rings is 1. The lowest BCUT2D eigenvalue weighted by Gasteiger charge is -2.05. The number of methoxy groups -OCH3 is 1. The smallest absolute Gasteiger partial charge is 0.263 e. The zero-order valence-electron chi connectivity index (χ0n) is 10.6. The monoisotopic (exact) mass is 319 g/mol. The van der Waals surface area contributed by atoms with E-state index in [1.165, 1.54) is 7.11 Å². The van der Waals surface area contributed by atoms with Crippen molar-refractivity contribution < 1.29 is 13.2 Å². The summed E-state index contributed by atoms with van der Waals surface area (Å²) in [6.07, 6.45) is 3.58. The maximum atomic E-state index is 11.7. The fraction of sp³-hybridized carbons (Fsp3) is 0.333. The van der Waals surface area contributed by atoms with Gasteiger partial charge in [-0.2, -0.15) is 11.8 Å². The minimum absolute atomic E-state index is 0.0997. The number of rotatable bonds is 5. The van der Waals surface area contributed by atoms with Gasteiger partial charge in [0.2, 0.25) is 0 Å². The third kappa shape index (κ3) is 2.85. The molecule has 1 aromatic carbocycles. The highest BCUT2D eigenvalue weighted by molar-refractivity contribution is 8.14. The number of ether oxygens (including phenoxy) is 1. The molecule has 0 aliphatic heterocycles. The topological polar surface area (TPSA) is 48.3 Å². The zero-order valence-corrected chi connectivity index (χ0v) is 13.0. The van der Waals surface area contributed by atoms with Crippen molar-refractivity contribution in [3.8, 4) is 5.75 Å². The van der Waals surface area contributed by atoms with Crippen LogP contribution in [0.2, 0.25) is 0 Å². The first-order chi connectivity index (χ1) is 8.99. The van der Waals surface area contributed by atoms with E-state index in [1.54, 1.807) is 24.0 Å². The molecule has 0 unspecified atom stereocenters. The number of hydrogen-bond acceptors (Lipinski definition) is 4. The second kappa shape index (κ2) is 5.64. The quantitative estimate of drug-likeness (QED) is 0.795. The van der Waals surface area contributed by atoms with Gasteiger partial charge < -0.3 is 9.30 Å². The van der Waals surface area contributed by atoms with Crippen molar-refractivity contribution >= 4 is 42.4 Å². The van der Waals surface area contributed by atoms with Crippen molar-refractivity contribution in [3.05, 3.63) is 24.4 Å². The van der Waals surface area contributed by atoms with E-state index in [-0.39, 0.29) is 4.90 Å². The average Bonchev–Trinajstić information content (AvgIpc) is 2.75. The summed E-state index contributed by atoms with van der Waals surface area (Å²) in [6, 6.07) is 5.43. The summed E-state index contributed by atoms with van der Waals surface area (Å²) in [7, 11) is 3.22. The standard InChI is InChI=1S/C12H14ClNO3S2/c1-17-10-5-3-4-9-12(10)11(19(13,15)16)8-14(9)6-7-18-2/h3-5,8H,6-7H2,1-2H3. The molecule has 0 bridgehead atoms. The first-order valence-electron chi connectivity index (χ1n) is 5.58. The van der Waals surface area contributed by atoms with Crippen LogP contribution in [0.25, 0.3) is 10.9 Å². The van der Waals surface area contributed by atoms with Gasteiger partial charge in [-0.1, -0.05) is 6.07 Å². The summed E-state index contributed by atoms with van der Waals surface area (Å²) < 4.78 is 30.5. The third-order valence-electron chi connectivity index (χ3n) is 2.85. The maximum Gasteiger partial charge on any atom is 0.263 e. The summed E-state index contributed by atoms with van der Waals surface area (Å²) in [6.45, 7) is 0.719. The third-order valence-corrected chi connectivity index (χ3v) is 4.78. The van der Waals surface area contributed by atoms with Gasteiger partial charge in [-0.05, 0) is 18.4 Å². The number of fused-ring (bicyclic) bond motifs is 1. The summed E-state index contributed by atoms with van der Waals surface area (Å²) in [4.78, 5) is 0.0997.